The van der Waals surface area contributed by atoms with Crippen molar-refractivity contribution < 1.29 is 9.53 Å². The van der Waals surface area contributed by atoms with Gasteiger partial charge in [0.25, 0.3) is 0 Å². The normalized spacial score (nSPS) is 11.1. The van der Waals surface area contributed by atoms with Gasteiger partial charge in [0.2, 0.25) is 0 Å². The van der Waals surface area contributed by atoms with E-state index in [2.05, 4.69) is 126 Å². The van der Waals surface area contributed by atoms with E-state index in [-0.39, 0.29) is 5.97 Å². The average Bonchev–Trinajstić information content (AvgIpc) is 3.07. The summed E-state index contributed by atoms with van der Waals surface area (Å²) < 4.78 is 5.61. The van der Waals surface area contributed by atoms with E-state index in [0.717, 1.165) is 45.3 Å². The third-order valence-electron chi connectivity index (χ3n) is 7.79. The summed E-state index contributed by atoms with van der Waals surface area (Å²) in [6.07, 6.45) is 0. The van der Waals surface area contributed by atoms with Crippen LogP contribution in [-0.2, 0) is 4.79 Å². The second kappa shape index (κ2) is 13.2. The van der Waals surface area contributed by atoms with Gasteiger partial charge in [0, 0.05) is 34.1 Å². The van der Waals surface area contributed by atoms with Crippen molar-refractivity contribution in [1.82, 2.24) is 0 Å². The number of para-hydroxylation sites is 2. The molecular weight excluding hydrogens is 564 g/mol. The first-order valence-electron chi connectivity index (χ1n) is 15.6. The fourth-order valence-electron chi connectivity index (χ4n) is 5.34. The first-order valence-corrected chi connectivity index (χ1v) is 15.6. The molecule has 0 fully saturated rings. The summed E-state index contributed by atoms with van der Waals surface area (Å²) in [5.41, 5.74) is 9.31. The Morgan fingerprint density at radius 3 is 1.30 bits per heavy atom. The quantitative estimate of drug-likeness (QED) is 0.128. The number of aryl methyl sites for hydroxylation is 1. The molecule has 0 amide bonds. The summed E-state index contributed by atoms with van der Waals surface area (Å²) >= 11 is 0. The Kier molecular flexibility index (Phi) is 8.71. The zero-order valence-electron chi connectivity index (χ0n) is 26.7. The number of rotatable bonds is 8. The van der Waals surface area contributed by atoms with E-state index in [1.165, 1.54) is 5.56 Å². The standard InChI is InChI=1S/C42H38N2O2/c1-31-12-11-17-39(30-31)44(35-15-9-6-10-16-35)37-24-20-33(21-25-37)32-18-22-36(23-19-32)43(34-13-7-5-8-14-34)38-26-28-40(29-27-38)46-41(45)42(2,3)4/h5-30H,1-4H3. The molecule has 0 radical (unpaired) electrons. The predicted molar refractivity (Wildman–Crippen MR) is 191 cm³/mol. The molecule has 0 heterocycles. The third-order valence-corrected chi connectivity index (χ3v) is 7.79. The van der Waals surface area contributed by atoms with Crippen LogP contribution in [0.3, 0.4) is 0 Å². The minimum absolute atomic E-state index is 0.258. The van der Waals surface area contributed by atoms with Gasteiger partial charge in [-0.05, 0) is 129 Å². The molecule has 0 aliphatic heterocycles. The van der Waals surface area contributed by atoms with Crippen LogP contribution in [0, 0.1) is 12.3 Å². The molecule has 0 saturated carbocycles. The Hall–Kier alpha value is -5.61. The molecule has 6 rings (SSSR count). The number of carbonyl (C=O) groups excluding carboxylic acids is 1. The minimum atomic E-state index is -0.570. The fourth-order valence-corrected chi connectivity index (χ4v) is 5.34. The largest absolute Gasteiger partial charge is 0.426 e. The SMILES string of the molecule is Cc1cccc(N(c2ccccc2)c2ccc(-c3ccc(N(c4ccccc4)c4ccc(OC(=O)C(C)(C)C)cc4)cc3)cc2)c1. The summed E-state index contributed by atoms with van der Waals surface area (Å²) in [5.74, 6) is 0.274. The molecule has 228 valence electrons. The lowest BCUT2D eigenvalue weighted by molar-refractivity contribution is -0.142. The highest BCUT2D eigenvalue weighted by molar-refractivity contribution is 5.81. The van der Waals surface area contributed by atoms with Crippen LogP contribution in [0.2, 0.25) is 0 Å². The van der Waals surface area contributed by atoms with Gasteiger partial charge in [-0.1, -0.05) is 72.8 Å². The number of hydrogen-bond donors (Lipinski definition) is 0. The summed E-state index contributed by atoms with van der Waals surface area (Å²) in [7, 11) is 0. The highest BCUT2D eigenvalue weighted by Gasteiger charge is 2.24. The van der Waals surface area contributed by atoms with Crippen LogP contribution in [0.1, 0.15) is 26.3 Å². The first kappa shape index (κ1) is 30.4. The number of anilines is 6. The smallest absolute Gasteiger partial charge is 0.316 e. The van der Waals surface area contributed by atoms with Gasteiger partial charge in [-0.15, -0.1) is 0 Å². The predicted octanol–water partition coefficient (Wildman–Crippen LogP) is 11.6. The van der Waals surface area contributed by atoms with Crippen molar-refractivity contribution in [2.75, 3.05) is 9.80 Å². The van der Waals surface area contributed by atoms with Crippen LogP contribution >= 0.6 is 0 Å². The van der Waals surface area contributed by atoms with Crippen LogP contribution in [-0.4, -0.2) is 5.97 Å². The van der Waals surface area contributed by atoms with Gasteiger partial charge in [0.05, 0.1) is 5.41 Å². The highest BCUT2D eigenvalue weighted by Crippen LogP contribution is 2.38. The lowest BCUT2D eigenvalue weighted by Gasteiger charge is -2.26. The number of esters is 1. The molecule has 0 bridgehead atoms. The maximum absolute atomic E-state index is 12.4. The highest BCUT2D eigenvalue weighted by atomic mass is 16.5. The Labute approximate surface area is 272 Å². The van der Waals surface area contributed by atoms with E-state index < -0.39 is 5.41 Å². The Balaban J connectivity index is 1.28. The molecule has 6 aromatic rings. The van der Waals surface area contributed by atoms with E-state index in [0.29, 0.717) is 5.75 Å². The Morgan fingerprint density at radius 1 is 0.478 bits per heavy atom. The van der Waals surface area contributed by atoms with Gasteiger partial charge in [-0.25, -0.2) is 0 Å². The maximum atomic E-state index is 12.4. The van der Waals surface area contributed by atoms with Gasteiger partial charge in [0.15, 0.2) is 0 Å². The fraction of sp³-hybridized carbons (Fsp3) is 0.119. The van der Waals surface area contributed by atoms with Crippen LogP contribution in [0.15, 0.2) is 158 Å². The molecular formula is C42H38N2O2. The van der Waals surface area contributed by atoms with Crippen LogP contribution in [0.4, 0.5) is 34.1 Å². The third kappa shape index (κ3) is 6.87. The zero-order chi connectivity index (χ0) is 32.1. The van der Waals surface area contributed by atoms with Crippen molar-refractivity contribution in [3.8, 4) is 16.9 Å². The second-order valence-electron chi connectivity index (χ2n) is 12.4. The second-order valence-corrected chi connectivity index (χ2v) is 12.4. The molecule has 46 heavy (non-hydrogen) atoms. The molecule has 0 unspecified atom stereocenters. The summed E-state index contributed by atoms with van der Waals surface area (Å²) in [6, 6.07) is 54.3. The average molecular weight is 603 g/mol. The Bertz CT molecular complexity index is 1890. The van der Waals surface area contributed by atoms with Crippen molar-refractivity contribution in [2.45, 2.75) is 27.7 Å². The van der Waals surface area contributed by atoms with E-state index >= 15 is 0 Å². The molecule has 0 saturated heterocycles. The number of hydrogen-bond acceptors (Lipinski definition) is 4. The van der Waals surface area contributed by atoms with Gasteiger partial charge in [-0.2, -0.15) is 0 Å². The lowest BCUT2D eigenvalue weighted by atomic mass is 9.97. The summed E-state index contributed by atoms with van der Waals surface area (Å²) in [5, 5.41) is 0. The minimum Gasteiger partial charge on any atom is -0.426 e. The molecule has 4 heteroatoms. The summed E-state index contributed by atoms with van der Waals surface area (Å²) in [4.78, 5) is 16.9. The monoisotopic (exact) mass is 602 g/mol. The van der Waals surface area contributed by atoms with Crippen LogP contribution in [0.25, 0.3) is 11.1 Å². The topological polar surface area (TPSA) is 32.8 Å². The van der Waals surface area contributed by atoms with Gasteiger partial charge < -0.3 is 14.5 Å². The van der Waals surface area contributed by atoms with Crippen molar-refractivity contribution >= 4 is 40.1 Å². The summed E-state index contributed by atoms with van der Waals surface area (Å²) in [6.45, 7) is 7.68. The van der Waals surface area contributed by atoms with Crippen molar-refractivity contribution in [2.24, 2.45) is 5.41 Å². The molecule has 0 N–H and O–H groups in total. The number of ether oxygens (including phenoxy) is 1. The number of carbonyl (C=O) groups is 1. The molecule has 0 aromatic heterocycles. The molecule has 4 nitrogen and oxygen atoms in total. The molecule has 0 spiro atoms. The van der Waals surface area contributed by atoms with Gasteiger partial charge >= 0.3 is 5.97 Å². The van der Waals surface area contributed by atoms with E-state index in [4.69, 9.17) is 4.74 Å². The van der Waals surface area contributed by atoms with Crippen molar-refractivity contribution in [3.63, 3.8) is 0 Å². The number of benzene rings is 6. The molecule has 6 aromatic carbocycles. The zero-order valence-corrected chi connectivity index (χ0v) is 26.7. The van der Waals surface area contributed by atoms with Gasteiger partial charge in [-0.3, -0.25) is 4.79 Å². The lowest BCUT2D eigenvalue weighted by Crippen LogP contribution is -2.25. The Morgan fingerprint density at radius 2 is 0.870 bits per heavy atom. The molecule has 0 aliphatic carbocycles. The first-order chi connectivity index (χ1) is 22.3. The van der Waals surface area contributed by atoms with E-state index in [1.807, 2.05) is 69.3 Å². The number of nitrogens with zero attached hydrogens (tertiary/aromatic N) is 2. The van der Waals surface area contributed by atoms with Gasteiger partial charge in [0.1, 0.15) is 5.75 Å². The maximum Gasteiger partial charge on any atom is 0.316 e. The van der Waals surface area contributed by atoms with E-state index in [9.17, 15) is 4.79 Å². The van der Waals surface area contributed by atoms with Crippen molar-refractivity contribution in [3.05, 3.63) is 163 Å². The molecule has 0 aliphatic rings. The van der Waals surface area contributed by atoms with Crippen LogP contribution < -0.4 is 14.5 Å². The molecule has 0 atom stereocenters. The van der Waals surface area contributed by atoms with E-state index in [1.54, 1.807) is 0 Å². The van der Waals surface area contributed by atoms with Crippen LogP contribution in [0.5, 0.6) is 5.75 Å². The van der Waals surface area contributed by atoms with Crippen molar-refractivity contribution in [1.29, 1.82) is 0 Å².